The first-order valence-corrected chi connectivity index (χ1v) is 2.20. The van der Waals surface area contributed by atoms with E-state index in [2.05, 4.69) is 4.85 Å². The number of hydrogen-bond acceptors (Lipinski definition) is 1. The third kappa shape index (κ3) is 0.614. The lowest BCUT2D eigenvalue weighted by Gasteiger charge is -1.65. The lowest BCUT2D eigenvalue weighted by atomic mass is 10.5. The highest BCUT2D eigenvalue weighted by Gasteiger charge is 2.43. The average Bonchev–Trinajstić information content (AvgIpc) is 2.43. The summed E-state index contributed by atoms with van der Waals surface area (Å²) < 4.78 is 0. The summed E-state index contributed by atoms with van der Waals surface area (Å²) in [6, 6.07) is 0.0394. The summed E-state index contributed by atoms with van der Waals surface area (Å²) in [5, 5.41) is 0. The minimum atomic E-state index is 0.0394. The maximum Gasteiger partial charge on any atom is 0.234 e. The topological polar surface area (TPSA) is 21.4 Å². The van der Waals surface area contributed by atoms with Crippen molar-refractivity contribution in [1.82, 2.24) is 0 Å². The molecule has 1 rings (SSSR count). The highest BCUT2D eigenvalue weighted by molar-refractivity contribution is 5.60. The summed E-state index contributed by atoms with van der Waals surface area (Å²) in [5.41, 5.74) is 0. The third-order valence-electron chi connectivity index (χ3n) is 1.15. The van der Waals surface area contributed by atoms with Crippen LogP contribution < -0.4 is 0 Å². The number of nitrogens with zero attached hydrogens (tertiary/aromatic N) is 1. The zero-order valence-electron chi connectivity index (χ0n) is 3.79. The molecule has 36 valence electrons. The van der Waals surface area contributed by atoms with Gasteiger partial charge in [0.25, 0.3) is 0 Å². The van der Waals surface area contributed by atoms with Gasteiger partial charge in [-0.05, 0) is 0 Å². The van der Waals surface area contributed by atoms with E-state index < -0.39 is 0 Å². The molecule has 2 heteroatoms. The number of rotatable bonds is 1. The summed E-state index contributed by atoms with van der Waals surface area (Å²) in [5.74, 6) is 0.0810. The molecular formula is C5H5NO. The maximum absolute atomic E-state index is 9.79. The molecule has 1 saturated carbocycles. The van der Waals surface area contributed by atoms with Crippen LogP contribution in [0.15, 0.2) is 0 Å². The molecule has 0 N–H and O–H groups in total. The summed E-state index contributed by atoms with van der Waals surface area (Å²) in [6.45, 7) is 6.42. The van der Waals surface area contributed by atoms with Gasteiger partial charge < -0.3 is 9.64 Å². The zero-order chi connectivity index (χ0) is 5.28. The highest BCUT2D eigenvalue weighted by atomic mass is 16.1. The van der Waals surface area contributed by atoms with Gasteiger partial charge in [-0.3, -0.25) is 0 Å². The van der Waals surface area contributed by atoms with E-state index in [0.29, 0.717) is 0 Å². The Morgan fingerprint density at radius 3 is 2.71 bits per heavy atom. The first-order chi connectivity index (χ1) is 3.38. The normalized spacial score (nSPS) is 36.4. The van der Waals surface area contributed by atoms with E-state index in [9.17, 15) is 4.79 Å². The van der Waals surface area contributed by atoms with Crippen molar-refractivity contribution in [2.24, 2.45) is 5.92 Å². The predicted molar refractivity (Wildman–Crippen MR) is 24.6 cm³/mol. The molecular weight excluding hydrogens is 90.1 g/mol. The third-order valence-corrected chi connectivity index (χ3v) is 1.15. The number of carbonyl (C=O) groups excluding carboxylic acids is 1. The van der Waals surface area contributed by atoms with E-state index in [4.69, 9.17) is 6.57 Å². The average molecular weight is 95.1 g/mol. The SMILES string of the molecule is [C-]#[N+]C1CC1C=O. The fourth-order valence-electron chi connectivity index (χ4n) is 0.495. The molecule has 1 aliphatic carbocycles. The second kappa shape index (κ2) is 1.34. The van der Waals surface area contributed by atoms with Crippen LogP contribution in [0.2, 0.25) is 0 Å². The van der Waals surface area contributed by atoms with Crippen LogP contribution in [0.4, 0.5) is 0 Å². The molecule has 0 heterocycles. The Hall–Kier alpha value is -0.840. The van der Waals surface area contributed by atoms with Gasteiger partial charge in [0.2, 0.25) is 6.04 Å². The first kappa shape index (κ1) is 4.32. The summed E-state index contributed by atoms with van der Waals surface area (Å²) >= 11 is 0. The van der Waals surface area contributed by atoms with Gasteiger partial charge in [-0.15, -0.1) is 0 Å². The Kier molecular flexibility index (Phi) is 0.828. The Morgan fingerprint density at radius 1 is 1.86 bits per heavy atom. The van der Waals surface area contributed by atoms with Crippen molar-refractivity contribution < 1.29 is 4.79 Å². The molecule has 0 saturated heterocycles. The molecule has 0 aromatic heterocycles. The van der Waals surface area contributed by atoms with E-state index >= 15 is 0 Å². The molecule has 1 fully saturated rings. The summed E-state index contributed by atoms with van der Waals surface area (Å²) in [7, 11) is 0. The van der Waals surface area contributed by atoms with Crippen molar-refractivity contribution in [2.45, 2.75) is 12.5 Å². The standard InChI is InChI=1S/C5H5NO/c1-6-5-2-4(5)3-7/h3-5H,2H2. The molecule has 0 aromatic rings. The van der Waals surface area contributed by atoms with Gasteiger partial charge in [-0.1, -0.05) is 0 Å². The number of aldehydes is 1. The second-order valence-corrected chi connectivity index (χ2v) is 1.73. The Labute approximate surface area is 42.0 Å². The lowest BCUT2D eigenvalue weighted by molar-refractivity contribution is -0.108. The van der Waals surface area contributed by atoms with E-state index in [1.807, 2.05) is 0 Å². The van der Waals surface area contributed by atoms with Gasteiger partial charge in [-0.25, -0.2) is 6.57 Å². The molecule has 2 atom stereocenters. The van der Waals surface area contributed by atoms with Crippen molar-refractivity contribution in [3.63, 3.8) is 0 Å². The van der Waals surface area contributed by atoms with E-state index in [1.165, 1.54) is 0 Å². The van der Waals surface area contributed by atoms with Gasteiger partial charge in [0, 0.05) is 6.42 Å². The highest BCUT2D eigenvalue weighted by Crippen LogP contribution is 2.30. The van der Waals surface area contributed by atoms with Crippen LogP contribution in [-0.2, 0) is 4.79 Å². The van der Waals surface area contributed by atoms with Gasteiger partial charge in [0.15, 0.2) is 0 Å². The number of hydrogen-bond donors (Lipinski definition) is 0. The van der Waals surface area contributed by atoms with Crippen molar-refractivity contribution in [2.75, 3.05) is 0 Å². The monoisotopic (exact) mass is 95.0 g/mol. The van der Waals surface area contributed by atoms with Crippen LogP contribution in [-0.4, -0.2) is 12.3 Å². The van der Waals surface area contributed by atoms with Crippen LogP contribution in [0.5, 0.6) is 0 Å². The number of carbonyl (C=O) groups is 1. The second-order valence-electron chi connectivity index (χ2n) is 1.73. The predicted octanol–water partition coefficient (Wildman–Crippen LogP) is 0.493. The fraction of sp³-hybridized carbons (Fsp3) is 0.600. The van der Waals surface area contributed by atoms with Crippen LogP contribution in [0, 0.1) is 12.5 Å². The molecule has 1 aliphatic rings. The molecule has 0 spiro atoms. The van der Waals surface area contributed by atoms with Crippen LogP contribution in [0.25, 0.3) is 4.85 Å². The zero-order valence-corrected chi connectivity index (χ0v) is 3.79. The van der Waals surface area contributed by atoms with Crippen LogP contribution in [0.1, 0.15) is 6.42 Å². The van der Waals surface area contributed by atoms with E-state index in [-0.39, 0.29) is 12.0 Å². The quantitative estimate of drug-likeness (QED) is 0.343. The minimum Gasteiger partial charge on any atom is -0.313 e. The largest absolute Gasteiger partial charge is 0.313 e. The van der Waals surface area contributed by atoms with Crippen LogP contribution >= 0.6 is 0 Å². The Balaban J connectivity index is 2.34. The molecule has 2 nitrogen and oxygen atoms in total. The maximum atomic E-state index is 9.79. The molecule has 0 bridgehead atoms. The summed E-state index contributed by atoms with van der Waals surface area (Å²) in [4.78, 5) is 13.0. The minimum absolute atomic E-state index is 0.0394. The van der Waals surface area contributed by atoms with Crippen molar-refractivity contribution in [3.8, 4) is 0 Å². The van der Waals surface area contributed by atoms with Gasteiger partial charge in [0.05, 0.1) is 5.92 Å². The van der Waals surface area contributed by atoms with Gasteiger partial charge in [-0.2, -0.15) is 0 Å². The Bertz CT molecular complexity index is 125. The molecule has 0 amide bonds. The first-order valence-electron chi connectivity index (χ1n) is 2.20. The van der Waals surface area contributed by atoms with E-state index in [1.54, 1.807) is 0 Å². The van der Waals surface area contributed by atoms with Crippen molar-refractivity contribution >= 4 is 6.29 Å². The Morgan fingerprint density at radius 2 is 2.57 bits per heavy atom. The summed E-state index contributed by atoms with van der Waals surface area (Å²) in [6.07, 6.45) is 1.66. The van der Waals surface area contributed by atoms with Gasteiger partial charge in [0.1, 0.15) is 6.29 Å². The van der Waals surface area contributed by atoms with Gasteiger partial charge >= 0.3 is 0 Å². The van der Waals surface area contributed by atoms with E-state index in [0.717, 1.165) is 12.7 Å². The van der Waals surface area contributed by atoms with Crippen LogP contribution in [0.3, 0.4) is 0 Å². The molecule has 0 aromatic carbocycles. The lowest BCUT2D eigenvalue weighted by Crippen LogP contribution is -1.78. The molecule has 0 aliphatic heterocycles. The smallest absolute Gasteiger partial charge is 0.234 e. The van der Waals surface area contributed by atoms with Crippen molar-refractivity contribution in [1.29, 1.82) is 0 Å². The molecule has 2 unspecified atom stereocenters. The molecule has 0 radical (unpaired) electrons. The van der Waals surface area contributed by atoms with Crippen molar-refractivity contribution in [3.05, 3.63) is 11.4 Å². The molecule has 7 heavy (non-hydrogen) atoms. The fourth-order valence-corrected chi connectivity index (χ4v) is 0.495.